The van der Waals surface area contributed by atoms with Gasteiger partial charge in [0.15, 0.2) is 40.8 Å². The summed E-state index contributed by atoms with van der Waals surface area (Å²) in [6.45, 7) is 12.6. The van der Waals surface area contributed by atoms with Crippen molar-refractivity contribution in [1.29, 1.82) is 0 Å². The van der Waals surface area contributed by atoms with Gasteiger partial charge in [-0.25, -0.2) is 44.9 Å². The van der Waals surface area contributed by atoms with Crippen LogP contribution in [-0.2, 0) is 10.8 Å². The molecule has 274 valence electrons. The zero-order valence-electron chi connectivity index (χ0n) is 32.3. The Morgan fingerprint density at radius 1 is 0.250 bits per heavy atom. The summed E-state index contributed by atoms with van der Waals surface area (Å²) < 4.78 is 0. The van der Waals surface area contributed by atoms with Crippen LogP contribution < -0.4 is 0 Å². The predicted molar refractivity (Wildman–Crippen MR) is 222 cm³/mol. The highest BCUT2D eigenvalue weighted by atomic mass is 15.1. The highest BCUT2D eigenvalue weighted by molar-refractivity contribution is 5.77. The van der Waals surface area contributed by atoms with Crippen molar-refractivity contribution in [2.75, 3.05) is 0 Å². The van der Waals surface area contributed by atoms with E-state index in [2.05, 4.69) is 41.5 Å². The molecule has 0 N–H and O–H groups in total. The molecule has 3 aromatic heterocycles. The average molecular weight is 732 g/mol. The highest BCUT2D eigenvalue weighted by Gasteiger charge is 2.25. The Morgan fingerprint density at radius 2 is 0.446 bits per heavy atom. The zero-order valence-corrected chi connectivity index (χ0v) is 32.3. The van der Waals surface area contributed by atoms with E-state index in [0.29, 0.717) is 52.4 Å². The van der Waals surface area contributed by atoms with Crippen LogP contribution in [0.4, 0.5) is 0 Å². The van der Waals surface area contributed by atoms with E-state index in [1.807, 2.05) is 140 Å². The summed E-state index contributed by atoms with van der Waals surface area (Å²) in [6, 6.07) is 46.0. The topological polar surface area (TPSA) is 116 Å². The van der Waals surface area contributed by atoms with Crippen molar-refractivity contribution in [2.45, 2.75) is 52.4 Å². The van der Waals surface area contributed by atoms with Gasteiger partial charge in [0, 0.05) is 49.8 Å². The molecule has 8 aromatic rings. The lowest BCUT2D eigenvalue weighted by atomic mass is 9.95. The minimum absolute atomic E-state index is 0.356. The second kappa shape index (κ2) is 14.8. The van der Waals surface area contributed by atoms with E-state index in [0.717, 1.165) is 38.9 Å². The first-order chi connectivity index (χ1) is 27.0. The van der Waals surface area contributed by atoms with E-state index < -0.39 is 0 Å². The van der Waals surface area contributed by atoms with Crippen LogP contribution in [0.2, 0.25) is 0 Å². The monoisotopic (exact) mass is 731 g/mol. The van der Waals surface area contributed by atoms with Crippen molar-refractivity contribution in [3.63, 3.8) is 0 Å². The third-order valence-corrected chi connectivity index (χ3v) is 9.08. The molecule has 9 nitrogen and oxygen atoms in total. The Balaban J connectivity index is 1.41. The molecule has 0 bridgehead atoms. The van der Waals surface area contributed by atoms with Crippen molar-refractivity contribution < 1.29 is 0 Å². The number of aromatic nitrogens is 9. The Bertz CT molecular complexity index is 2460. The van der Waals surface area contributed by atoms with Crippen LogP contribution >= 0.6 is 0 Å². The number of nitrogens with zero attached hydrogens (tertiary/aromatic N) is 9. The molecule has 0 saturated carbocycles. The number of rotatable bonds is 7. The van der Waals surface area contributed by atoms with Gasteiger partial charge in [0.25, 0.3) is 0 Å². The normalized spacial score (nSPS) is 11.8. The smallest absolute Gasteiger partial charge is 0.164 e. The third-order valence-electron chi connectivity index (χ3n) is 9.08. The van der Waals surface area contributed by atoms with Gasteiger partial charge in [-0.05, 0) is 18.2 Å². The molecule has 0 amide bonds. The maximum atomic E-state index is 5.09. The summed E-state index contributed by atoms with van der Waals surface area (Å²) in [7, 11) is 0. The lowest BCUT2D eigenvalue weighted by Crippen LogP contribution is -2.18. The maximum Gasteiger partial charge on any atom is 0.164 e. The summed E-state index contributed by atoms with van der Waals surface area (Å²) >= 11 is 0. The van der Waals surface area contributed by atoms with Crippen LogP contribution in [0.1, 0.15) is 53.2 Å². The van der Waals surface area contributed by atoms with E-state index in [1.54, 1.807) is 0 Å². The summed E-state index contributed by atoms with van der Waals surface area (Å²) in [4.78, 5) is 45.4. The minimum atomic E-state index is -0.356. The van der Waals surface area contributed by atoms with Crippen molar-refractivity contribution in [1.82, 2.24) is 44.9 Å². The highest BCUT2D eigenvalue weighted by Crippen LogP contribution is 2.34. The average Bonchev–Trinajstić information content (AvgIpc) is 3.23. The molecule has 0 atom stereocenters. The van der Waals surface area contributed by atoms with Gasteiger partial charge >= 0.3 is 0 Å². The second-order valence-corrected chi connectivity index (χ2v) is 15.7. The first kappa shape index (κ1) is 36.1. The molecule has 0 spiro atoms. The molecular weight excluding hydrogens is 691 g/mol. The van der Waals surface area contributed by atoms with E-state index in [1.165, 1.54) is 0 Å². The summed E-state index contributed by atoms with van der Waals surface area (Å²) in [5, 5.41) is 0. The Labute approximate surface area is 327 Å². The van der Waals surface area contributed by atoms with Gasteiger partial charge in [0.2, 0.25) is 0 Å². The molecule has 0 saturated heterocycles. The molecule has 0 unspecified atom stereocenters. The molecular formula is C47H41N9. The van der Waals surface area contributed by atoms with Gasteiger partial charge in [0.1, 0.15) is 11.6 Å². The maximum absolute atomic E-state index is 5.09. The summed E-state index contributed by atoms with van der Waals surface area (Å²) in [5.41, 5.74) is 5.05. The molecule has 0 aliphatic rings. The fourth-order valence-corrected chi connectivity index (χ4v) is 6.07. The fraction of sp³-hybridized carbons (Fsp3) is 0.170. The van der Waals surface area contributed by atoms with Gasteiger partial charge < -0.3 is 0 Å². The van der Waals surface area contributed by atoms with Crippen molar-refractivity contribution in [2.24, 2.45) is 0 Å². The first-order valence-electron chi connectivity index (χ1n) is 18.6. The number of hydrogen-bond acceptors (Lipinski definition) is 9. The molecule has 3 heterocycles. The molecule has 0 radical (unpaired) electrons. The standard InChI is InChI=1S/C47H41N9/c1-46(2,3)44-53-39(32-23-15-9-16-24-32)51-42(55-44)35-27-34(41-49-37(30-19-11-7-12-20-30)48-38(50-41)31-21-13-8-14-22-31)28-36(29-35)43-52-40(33-25-17-10-18-26-33)54-45(56-43)47(4,5)6/h7-29H,1-6H3. The quantitative estimate of drug-likeness (QED) is 0.158. The zero-order chi connectivity index (χ0) is 38.9. The molecule has 0 aliphatic heterocycles. The Hall–Kier alpha value is -6.87. The van der Waals surface area contributed by atoms with Crippen molar-refractivity contribution in [3.8, 4) is 79.7 Å². The summed E-state index contributed by atoms with van der Waals surface area (Å²) in [6.07, 6.45) is 0. The van der Waals surface area contributed by atoms with Crippen molar-refractivity contribution >= 4 is 0 Å². The van der Waals surface area contributed by atoms with E-state index in [-0.39, 0.29) is 10.8 Å². The number of hydrogen-bond donors (Lipinski definition) is 0. The SMILES string of the molecule is CC(C)(C)c1nc(-c2ccccc2)nc(-c2cc(-c3nc(-c4ccccc4)nc(-c4ccccc4)n3)cc(-c3nc(-c4ccccc4)nc(C(C)(C)C)n3)c2)n1. The minimum Gasteiger partial charge on any atom is -0.212 e. The first-order valence-corrected chi connectivity index (χ1v) is 18.6. The molecule has 5 aromatic carbocycles. The van der Waals surface area contributed by atoms with Crippen LogP contribution in [0.5, 0.6) is 0 Å². The van der Waals surface area contributed by atoms with Gasteiger partial charge in [-0.2, -0.15) is 0 Å². The Morgan fingerprint density at radius 3 is 0.679 bits per heavy atom. The molecule has 8 rings (SSSR count). The van der Waals surface area contributed by atoms with Gasteiger partial charge in [0.05, 0.1) is 0 Å². The molecule has 0 fully saturated rings. The summed E-state index contributed by atoms with van der Waals surface area (Å²) in [5.74, 6) is 5.16. The fourth-order valence-electron chi connectivity index (χ4n) is 6.07. The van der Waals surface area contributed by atoms with Gasteiger partial charge in [-0.1, -0.05) is 163 Å². The molecule has 0 aliphatic carbocycles. The van der Waals surface area contributed by atoms with Crippen LogP contribution in [0.15, 0.2) is 140 Å². The Kier molecular flexibility index (Phi) is 9.52. The second-order valence-electron chi connectivity index (χ2n) is 15.7. The van der Waals surface area contributed by atoms with E-state index in [9.17, 15) is 0 Å². The largest absolute Gasteiger partial charge is 0.212 e. The van der Waals surface area contributed by atoms with E-state index >= 15 is 0 Å². The molecule has 9 heteroatoms. The van der Waals surface area contributed by atoms with Crippen LogP contribution in [0.3, 0.4) is 0 Å². The lowest BCUT2D eigenvalue weighted by Gasteiger charge is -2.19. The van der Waals surface area contributed by atoms with Gasteiger partial charge in [-0.3, -0.25) is 0 Å². The van der Waals surface area contributed by atoms with E-state index in [4.69, 9.17) is 44.9 Å². The van der Waals surface area contributed by atoms with Gasteiger partial charge in [-0.15, -0.1) is 0 Å². The number of benzene rings is 5. The van der Waals surface area contributed by atoms with Crippen LogP contribution in [-0.4, -0.2) is 44.9 Å². The lowest BCUT2D eigenvalue weighted by molar-refractivity contribution is 0.543. The van der Waals surface area contributed by atoms with Crippen LogP contribution in [0.25, 0.3) is 79.7 Å². The molecule has 56 heavy (non-hydrogen) atoms. The predicted octanol–water partition coefficient (Wildman–Crippen LogP) is 10.5. The van der Waals surface area contributed by atoms with Crippen LogP contribution in [0, 0.1) is 0 Å². The van der Waals surface area contributed by atoms with Crippen molar-refractivity contribution in [3.05, 3.63) is 151 Å². The third kappa shape index (κ3) is 7.84.